The average Bonchev–Trinajstić information content (AvgIpc) is 2.85. The van der Waals surface area contributed by atoms with Crippen LogP contribution in [0.25, 0.3) is 0 Å². The number of piperazine rings is 1. The summed E-state index contributed by atoms with van der Waals surface area (Å²) in [6, 6.07) is 28.1. The number of rotatable bonds is 9. The highest BCUT2D eigenvalue weighted by molar-refractivity contribution is 5.39. The number of aryl methyl sites for hydroxylation is 1. The van der Waals surface area contributed by atoms with Crippen LogP contribution in [-0.2, 0) is 0 Å². The molecule has 3 aromatic rings. The zero-order valence-electron chi connectivity index (χ0n) is 20.7. The van der Waals surface area contributed by atoms with E-state index in [-0.39, 0.29) is 6.04 Å². The Morgan fingerprint density at radius 3 is 1.97 bits per heavy atom. The van der Waals surface area contributed by atoms with Crippen molar-refractivity contribution < 1.29 is 9.84 Å². The Bertz CT molecular complexity index is 975. The van der Waals surface area contributed by atoms with E-state index in [4.69, 9.17) is 4.74 Å². The van der Waals surface area contributed by atoms with E-state index in [0.717, 1.165) is 31.9 Å². The van der Waals surface area contributed by atoms with Gasteiger partial charge in [0, 0.05) is 32.7 Å². The zero-order valence-corrected chi connectivity index (χ0v) is 20.7. The standard InChI is InChI=1S/C30H38N2O2/c1-23(2)28-15-14-24(3)20-29(28)34-22-27(33)21-31-16-18-32(19-17-31)30(25-10-6-4-7-11-25)26-12-8-5-9-13-26/h4-15,20,23,27,30,33H,16-19,21-22H2,1-3H3. The van der Waals surface area contributed by atoms with E-state index in [0.29, 0.717) is 19.1 Å². The molecule has 0 radical (unpaired) electrons. The lowest BCUT2D eigenvalue weighted by Gasteiger charge is -2.40. The molecule has 1 fully saturated rings. The third kappa shape index (κ3) is 6.26. The summed E-state index contributed by atoms with van der Waals surface area (Å²) in [5, 5.41) is 10.7. The molecular formula is C30H38N2O2. The summed E-state index contributed by atoms with van der Waals surface area (Å²) in [4.78, 5) is 4.92. The van der Waals surface area contributed by atoms with Crippen LogP contribution in [0.5, 0.6) is 5.75 Å². The molecule has 0 saturated carbocycles. The van der Waals surface area contributed by atoms with Crippen molar-refractivity contribution in [3.63, 3.8) is 0 Å². The quantitative estimate of drug-likeness (QED) is 0.474. The van der Waals surface area contributed by atoms with Crippen molar-refractivity contribution in [1.29, 1.82) is 0 Å². The predicted molar refractivity (Wildman–Crippen MR) is 140 cm³/mol. The molecular weight excluding hydrogens is 420 g/mol. The van der Waals surface area contributed by atoms with Gasteiger partial charge in [-0.1, -0.05) is 86.6 Å². The topological polar surface area (TPSA) is 35.9 Å². The molecule has 4 nitrogen and oxygen atoms in total. The van der Waals surface area contributed by atoms with Crippen LogP contribution >= 0.6 is 0 Å². The Balaban J connectivity index is 1.33. The molecule has 1 aliphatic rings. The van der Waals surface area contributed by atoms with Crippen molar-refractivity contribution in [3.8, 4) is 5.75 Å². The molecule has 1 saturated heterocycles. The summed E-state index contributed by atoms with van der Waals surface area (Å²) in [7, 11) is 0. The smallest absolute Gasteiger partial charge is 0.123 e. The molecule has 1 aliphatic heterocycles. The zero-order chi connectivity index (χ0) is 23.9. The summed E-state index contributed by atoms with van der Waals surface area (Å²) in [6.07, 6.45) is -0.508. The van der Waals surface area contributed by atoms with Gasteiger partial charge in [0.25, 0.3) is 0 Å². The minimum atomic E-state index is -0.508. The van der Waals surface area contributed by atoms with Crippen LogP contribution < -0.4 is 4.74 Å². The van der Waals surface area contributed by atoms with Gasteiger partial charge in [0.1, 0.15) is 18.5 Å². The van der Waals surface area contributed by atoms with E-state index < -0.39 is 6.10 Å². The second kappa shape index (κ2) is 11.7. The van der Waals surface area contributed by atoms with Crippen molar-refractivity contribution in [3.05, 3.63) is 101 Å². The first kappa shape index (κ1) is 24.5. The molecule has 180 valence electrons. The van der Waals surface area contributed by atoms with Crippen molar-refractivity contribution in [1.82, 2.24) is 9.80 Å². The Morgan fingerprint density at radius 2 is 1.41 bits per heavy atom. The molecule has 1 N–H and O–H groups in total. The van der Waals surface area contributed by atoms with E-state index in [1.807, 2.05) is 0 Å². The first-order chi connectivity index (χ1) is 16.5. The first-order valence-corrected chi connectivity index (χ1v) is 12.5. The van der Waals surface area contributed by atoms with Crippen LogP contribution in [0.3, 0.4) is 0 Å². The fourth-order valence-electron chi connectivity index (χ4n) is 4.87. The fraction of sp³-hybridized carbons (Fsp3) is 0.400. The van der Waals surface area contributed by atoms with Crippen LogP contribution in [0.4, 0.5) is 0 Å². The minimum Gasteiger partial charge on any atom is -0.491 e. The highest BCUT2D eigenvalue weighted by atomic mass is 16.5. The SMILES string of the molecule is Cc1ccc(C(C)C)c(OCC(O)CN2CCN(C(c3ccccc3)c3ccccc3)CC2)c1. The van der Waals surface area contributed by atoms with Crippen molar-refractivity contribution >= 4 is 0 Å². The molecule has 1 heterocycles. The highest BCUT2D eigenvalue weighted by Crippen LogP contribution is 2.30. The third-order valence-electron chi connectivity index (χ3n) is 6.69. The second-order valence-electron chi connectivity index (χ2n) is 9.72. The van der Waals surface area contributed by atoms with Crippen molar-refractivity contribution in [2.24, 2.45) is 0 Å². The van der Waals surface area contributed by atoms with Gasteiger partial charge in [-0.15, -0.1) is 0 Å². The Hall–Kier alpha value is -2.66. The van der Waals surface area contributed by atoms with Gasteiger partial charge in [0.2, 0.25) is 0 Å². The number of hydrogen-bond acceptors (Lipinski definition) is 4. The van der Waals surface area contributed by atoms with E-state index in [2.05, 4.69) is 109 Å². The lowest BCUT2D eigenvalue weighted by atomic mass is 9.96. The Labute approximate surface area is 204 Å². The van der Waals surface area contributed by atoms with Crippen molar-refractivity contribution in [2.75, 3.05) is 39.3 Å². The monoisotopic (exact) mass is 458 g/mol. The molecule has 0 bridgehead atoms. The third-order valence-corrected chi connectivity index (χ3v) is 6.69. The van der Waals surface area contributed by atoms with Gasteiger partial charge in [0.15, 0.2) is 0 Å². The molecule has 1 unspecified atom stereocenters. The van der Waals surface area contributed by atoms with Gasteiger partial charge in [-0.3, -0.25) is 9.80 Å². The summed E-state index contributed by atoms with van der Waals surface area (Å²) in [5.74, 6) is 1.29. The van der Waals surface area contributed by atoms with Crippen LogP contribution in [-0.4, -0.2) is 60.3 Å². The highest BCUT2D eigenvalue weighted by Gasteiger charge is 2.27. The number of aliphatic hydroxyl groups excluding tert-OH is 1. The van der Waals surface area contributed by atoms with Crippen LogP contribution in [0.1, 0.15) is 48.1 Å². The second-order valence-corrected chi connectivity index (χ2v) is 9.72. The maximum Gasteiger partial charge on any atom is 0.123 e. The Kier molecular flexibility index (Phi) is 8.39. The number of benzene rings is 3. The molecule has 0 aromatic heterocycles. The van der Waals surface area contributed by atoms with E-state index in [1.165, 1.54) is 22.3 Å². The van der Waals surface area contributed by atoms with Gasteiger partial charge in [-0.05, 0) is 41.2 Å². The molecule has 1 atom stereocenters. The van der Waals surface area contributed by atoms with Gasteiger partial charge in [0.05, 0.1) is 6.04 Å². The van der Waals surface area contributed by atoms with E-state index >= 15 is 0 Å². The maximum atomic E-state index is 10.7. The van der Waals surface area contributed by atoms with Gasteiger partial charge in [-0.2, -0.15) is 0 Å². The fourth-order valence-corrected chi connectivity index (χ4v) is 4.87. The molecule has 0 spiro atoms. The summed E-state index contributed by atoms with van der Waals surface area (Å²) < 4.78 is 6.07. The normalized spacial score (nSPS) is 16.2. The number of ether oxygens (including phenoxy) is 1. The summed E-state index contributed by atoms with van der Waals surface area (Å²) in [5.41, 5.74) is 5.03. The van der Waals surface area contributed by atoms with Gasteiger partial charge in [-0.25, -0.2) is 0 Å². The van der Waals surface area contributed by atoms with Crippen molar-refractivity contribution in [2.45, 2.75) is 38.8 Å². The molecule has 4 rings (SSSR count). The minimum absolute atomic E-state index is 0.258. The van der Waals surface area contributed by atoms with E-state index in [9.17, 15) is 5.11 Å². The van der Waals surface area contributed by atoms with Gasteiger partial charge < -0.3 is 9.84 Å². The van der Waals surface area contributed by atoms with E-state index in [1.54, 1.807) is 0 Å². The summed E-state index contributed by atoms with van der Waals surface area (Å²) in [6.45, 7) is 11.2. The molecule has 4 heteroatoms. The van der Waals surface area contributed by atoms with Crippen LogP contribution in [0, 0.1) is 6.92 Å². The maximum absolute atomic E-state index is 10.7. The number of β-amino-alcohol motifs (C(OH)–C–C–N with tert-alkyl or cyclic N) is 1. The predicted octanol–water partition coefficient (Wildman–Crippen LogP) is 5.27. The first-order valence-electron chi connectivity index (χ1n) is 12.5. The van der Waals surface area contributed by atoms with Gasteiger partial charge >= 0.3 is 0 Å². The van der Waals surface area contributed by atoms with Crippen LogP contribution in [0.2, 0.25) is 0 Å². The lowest BCUT2D eigenvalue weighted by molar-refractivity contribution is 0.0398. The number of nitrogens with zero attached hydrogens (tertiary/aromatic N) is 2. The molecule has 0 amide bonds. The average molecular weight is 459 g/mol. The Morgan fingerprint density at radius 1 is 0.824 bits per heavy atom. The van der Waals surface area contributed by atoms with Crippen LogP contribution in [0.15, 0.2) is 78.9 Å². The molecule has 3 aromatic carbocycles. The number of hydrogen-bond donors (Lipinski definition) is 1. The molecule has 0 aliphatic carbocycles. The largest absolute Gasteiger partial charge is 0.491 e. The summed E-state index contributed by atoms with van der Waals surface area (Å²) >= 11 is 0. The lowest BCUT2D eigenvalue weighted by Crippen LogP contribution is -2.50. The number of aliphatic hydroxyl groups is 1. The molecule has 34 heavy (non-hydrogen) atoms.